The Hall–Kier alpha value is -3.02. The second-order valence-electron chi connectivity index (χ2n) is 6.99. The van der Waals surface area contributed by atoms with E-state index in [4.69, 9.17) is 0 Å². The quantitative estimate of drug-likeness (QED) is 0.780. The lowest BCUT2D eigenvalue weighted by atomic mass is 9.88. The Labute approximate surface area is 152 Å². The summed E-state index contributed by atoms with van der Waals surface area (Å²) >= 11 is 0. The van der Waals surface area contributed by atoms with E-state index < -0.39 is 0 Å². The van der Waals surface area contributed by atoms with Crippen LogP contribution in [0.5, 0.6) is 0 Å². The number of carbonyl (C=O) groups is 1. The van der Waals surface area contributed by atoms with Crippen LogP contribution in [-0.2, 0) is 6.42 Å². The zero-order chi connectivity index (χ0) is 18.3. The van der Waals surface area contributed by atoms with Crippen LogP contribution in [0, 0.1) is 19.8 Å². The molecule has 26 heavy (non-hydrogen) atoms. The second kappa shape index (κ2) is 6.37. The normalized spacial score (nSPS) is 16.4. The van der Waals surface area contributed by atoms with Gasteiger partial charge in [-0.2, -0.15) is 0 Å². The molecule has 6 nitrogen and oxygen atoms in total. The van der Waals surface area contributed by atoms with Gasteiger partial charge in [0.05, 0.1) is 11.3 Å². The van der Waals surface area contributed by atoms with Crippen molar-refractivity contribution in [3.8, 4) is 5.95 Å². The molecule has 1 aliphatic carbocycles. The van der Waals surface area contributed by atoms with Crippen LogP contribution in [0.15, 0.2) is 36.7 Å². The van der Waals surface area contributed by atoms with Gasteiger partial charge in [-0.1, -0.05) is 13.0 Å². The number of rotatable bonds is 3. The van der Waals surface area contributed by atoms with E-state index in [9.17, 15) is 4.79 Å². The Balaban J connectivity index is 1.82. The van der Waals surface area contributed by atoms with Crippen LogP contribution in [0.2, 0.25) is 0 Å². The number of hydrogen-bond donors (Lipinski definition) is 1. The van der Waals surface area contributed by atoms with Gasteiger partial charge in [-0.05, 0) is 55.5 Å². The van der Waals surface area contributed by atoms with E-state index in [0.29, 0.717) is 23.8 Å². The van der Waals surface area contributed by atoms with E-state index in [-0.39, 0.29) is 11.7 Å². The summed E-state index contributed by atoms with van der Waals surface area (Å²) in [7, 11) is 0. The van der Waals surface area contributed by atoms with Gasteiger partial charge < -0.3 is 5.32 Å². The minimum atomic E-state index is 0.118. The zero-order valence-corrected chi connectivity index (χ0v) is 15.2. The lowest BCUT2D eigenvalue weighted by molar-refractivity contribution is 0.0953. The molecule has 1 aromatic carbocycles. The molecule has 0 saturated heterocycles. The lowest BCUT2D eigenvalue weighted by Crippen LogP contribution is -2.20. The number of aryl methyl sites for hydroxylation is 2. The van der Waals surface area contributed by atoms with Gasteiger partial charge in [0.25, 0.3) is 5.95 Å². The summed E-state index contributed by atoms with van der Waals surface area (Å²) in [5.74, 6) is 1.46. The summed E-state index contributed by atoms with van der Waals surface area (Å²) < 4.78 is 1.70. The third kappa shape index (κ3) is 2.87. The van der Waals surface area contributed by atoms with Crippen molar-refractivity contribution < 1.29 is 4.79 Å². The van der Waals surface area contributed by atoms with Crippen molar-refractivity contribution in [3.05, 3.63) is 59.0 Å². The molecule has 1 unspecified atom stereocenters. The summed E-state index contributed by atoms with van der Waals surface area (Å²) in [4.78, 5) is 21.3. The van der Waals surface area contributed by atoms with Crippen LogP contribution < -0.4 is 5.32 Å². The highest BCUT2D eigenvalue weighted by Crippen LogP contribution is 2.33. The topological polar surface area (TPSA) is 72.7 Å². The molecule has 1 aliphatic rings. The highest BCUT2D eigenvalue weighted by atomic mass is 16.1. The minimum Gasteiger partial charge on any atom is -0.338 e. The molecule has 6 heteroatoms. The number of hydrogen-bond acceptors (Lipinski definition) is 5. The number of Topliss-reactive ketones (excluding diaryl/α,β-unsaturated/α-hetero) is 1. The summed E-state index contributed by atoms with van der Waals surface area (Å²) in [6.07, 6.45) is 4.68. The first kappa shape index (κ1) is 16.4. The molecule has 0 fully saturated rings. The first-order valence-corrected chi connectivity index (χ1v) is 8.79. The maximum absolute atomic E-state index is 12.7. The molecular formula is C20H21N5O. The van der Waals surface area contributed by atoms with Crippen LogP contribution in [0.1, 0.15) is 40.5 Å². The number of carbonyl (C=O) groups excluding carboxylic acids is 1. The molecule has 0 bridgehead atoms. The fraction of sp³-hybridized carbons (Fsp3) is 0.300. The fourth-order valence-corrected chi connectivity index (χ4v) is 3.36. The van der Waals surface area contributed by atoms with Crippen molar-refractivity contribution >= 4 is 17.3 Å². The molecule has 1 N–H and O–H groups in total. The minimum absolute atomic E-state index is 0.118. The number of ketones is 1. The van der Waals surface area contributed by atoms with Gasteiger partial charge in [0.15, 0.2) is 11.6 Å². The van der Waals surface area contributed by atoms with E-state index >= 15 is 0 Å². The third-order valence-electron chi connectivity index (χ3n) is 4.85. The summed E-state index contributed by atoms with van der Waals surface area (Å²) in [6, 6.07) is 7.89. The number of benzene rings is 1. The van der Waals surface area contributed by atoms with Crippen molar-refractivity contribution in [1.82, 2.24) is 19.7 Å². The van der Waals surface area contributed by atoms with Crippen molar-refractivity contribution in [2.24, 2.45) is 5.92 Å². The number of nitrogens with zero attached hydrogens (tertiary/aromatic N) is 4. The van der Waals surface area contributed by atoms with Gasteiger partial charge in [-0.25, -0.2) is 14.6 Å². The van der Waals surface area contributed by atoms with Crippen LogP contribution in [0.3, 0.4) is 0 Å². The van der Waals surface area contributed by atoms with E-state index in [1.54, 1.807) is 23.1 Å². The molecule has 3 aromatic rings. The lowest BCUT2D eigenvalue weighted by Gasteiger charge is -2.18. The fourth-order valence-electron chi connectivity index (χ4n) is 3.36. The Morgan fingerprint density at radius 3 is 2.62 bits per heavy atom. The first-order chi connectivity index (χ1) is 12.5. The highest BCUT2D eigenvalue weighted by molar-refractivity contribution is 6.03. The standard InChI is InChI=1S/C20H21N5O/c1-12-9-16-18(17(26)10-12)19(23-15-6-5-13(2)14(3)11-15)24-25(16)20-21-7-4-8-22-20/h4-8,11-12H,9-10H2,1-3H3,(H,23,24). The smallest absolute Gasteiger partial charge is 0.250 e. The average molecular weight is 347 g/mol. The molecule has 2 heterocycles. The molecule has 2 aromatic heterocycles. The van der Waals surface area contributed by atoms with Gasteiger partial charge in [-0.3, -0.25) is 4.79 Å². The largest absolute Gasteiger partial charge is 0.338 e. The maximum atomic E-state index is 12.7. The van der Waals surface area contributed by atoms with E-state index in [0.717, 1.165) is 17.8 Å². The number of aromatic nitrogens is 4. The summed E-state index contributed by atoms with van der Waals surface area (Å²) in [5.41, 5.74) is 4.88. The SMILES string of the molecule is Cc1ccc(Nc2nn(-c3ncccn3)c3c2C(=O)CC(C)C3)cc1C. The first-order valence-electron chi connectivity index (χ1n) is 8.79. The van der Waals surface area contributed by atoms with Crippen LogP contribution in [-0.4, -0.2) is 25.5 Å². The van der Waals surface area contributed by atoms with Crippen molar-refractivity contribution in [3.63, 3.8) is 0 Å². The van der Waals surface area contributed by atoms with Crippen molar-refractivity contribution in [2.75, 3.05) is 5.32 Å². The molecule has 0 saturated carbocycles. The summed E-state index contributed by atoms with van der Waals surface area (Å²) in [6.45, 7) is 6.23. The molecule has 0 radical (unpaired) electrons. The van der Waals surface area contributed by atoms with Crippen LogP contribution in [0.25, 0.3) is 5.95 Å². The molecule has 0 amide bonds. The van der Waals surface area contributed by atoms with E-state index in [2.05, 4.69) is 53.3 Å². The van der Waals surface area contributed by atoms with Crippen molar-refractivity contribution in [2.45, 2.75) is 33.6 Å². The number of nitrogens with one attached hydrogen (secondary N) is 1. The van der Waals surface area contributed by atoms with Gasteiger partial charge in [0.2, 0.25) is 0 Å². The van der Waals surface area contributed by atoms with Crippen LogP contribution >= 0.6 is 0 Å². The van der Waals surface area contributed by atoms with Gasteiger partial charge in [0, 0.05) is 24.5 Å². The van der Waals surface area contributed by atoms with Gasteiger partial charge >= 0.3 is 0 Å². The maximum Gasteiger partial charge on any atom is 0.250 e. The predicted molar refractivity (Wildman–Crippen MR) is 100 cm³/mol. The average Bonchev–Trinajstić information content (AvgIpc) is 2.97. The Morgan fingerprint density at radius 1 is 1.12 bits per heavy atom. The van der Waals surface area contributed by atoms with Gasteiger partial charge in [-0.15, -0.1) is 5.10 Å². The molecule has 0 spiro atoms. The molecular weight excluding hydrogens is 326 g/mol. The molecule has 132 valence electrons. The Bertz CT molecular complexity index is 977. The molecule has 1 atom stereocenters. The Morgan fingerprint density at radius 2 is 1.88 bits per heavy atom. The monoisotopic (exact) mass is 347 g/mol. The Kier molecular flexibility index (Phi) is 4.03. The summed E-state index contributed by atoms with van der Waals surface area (Å²) in [5, 5.41) is 7.98. The van der Waals surface area contributed by atoms with Gasteiger partial charge in [0.1, 0.15) is 0 Å². The van der Waals surface area contributed by atoms with E-state index in [1.807, 2.05) is 6.07 Å². The third-order valence-corrected chi connectivity index (χ3v) is 4.85. The second-order valence-corrected chi connectivity index (χ2v) is 6.99. The highest BCUT2D eigenvalue weighted by Gasteiger charge is 2.31. The number of fused-ring (bicyclic) bond motifs is 1. The molecule has 4 rings (SSSR count). The predicted octanol–water partition coefficient (Wildman–Crippen LogP) is 3.79. The van der Waals surface area contributed by atoms with Crippen LogP contribution in [0.4, 0.5) is 11.5 Å². The van der Waals surface area contributed by atoms with Crippen molar-refractivity contribution in [1.29, 1.82) is 0 Å². The molecule has 0 aliphatic heterocycles. The zero-order valence-electron chi connectivity index (χ0n) is 15.2. The number of anilines is 2. The van der Waals surface area contributed by atoms with E-state index in [1.165, 1.54) is 11.1 Å².